The fourth-order valence-electron chi connectivity index (χ4n) is 2.85. The molecule has 0 aromatic heterocycles. The first-order valence-corrected chi connectivity index (χ1v) is 11.2. The number of carbonyl (C=O) groups is 2. The molecule has 30 heavy (non-hydrogen) atoms. The van der Waals surface area contributed by atoms with Crippen molar-refractivity contribution in [2.75, 3.05) is 6.54 Å². The van der Waals surface area contributed by atoms with Crippen molar-refractivity contribution >= 4 is 21.8 Å². The van der Waals surface area contributed by atoms with Crippen molar-refractivity contribution in [2.45, 2.75) is 42.7 Å². The fourth-order valence-corrected chi connectivity index (χ4v) is 3.88. The molecule has 1 unspecified atom stereocenters. The minimum atomic E-state index is -3.85. The van der Waals surface area contributed by atoms with E-state index in [1.54, 1.807) is 0 Å². The third-order valence-corrected chi connectivity index (χ3v) is 6.10. The van der Waals surface area contributed by atoms with Crippen LogP contribution in [0.3, 0.4) is 0 Å². The first kappa shape index (κ1) is 21.9. The van der Waals surface area contributed by atoms with E-state index in [1.165, 1.54) is 0 Å². The van der Waals surface area contributed by atoms with Gasteiger partial charge in [-0.05, 0) is 42.7 Å². The second-order valence-corrected chi connectivity index (χ2v) is 8.96. The molecular weight excluding hydrogens is 409 g/mol. The molecule has 0 bridgehead atoms. The van der Waals surface area contributed by atoms with Gasteiger partial charge in [-0.15, -0.1) is 0 Å². The van der Waals surface area contributed by atoms with Crippen LogP contribution in [0.1, 0.15) is 24.8 Å². The van der Waals surface area contributed by atoms with E-state index in [4.69, 9.17) is 0 Å². The number of halogens is 1. The highest BCUT2D eigenvalue weighted by Crippen LogP contribution is 2.19. The number of hydrogen-bond donors (Lipinski definition) is 3. The summed E-state index contributed by atoms with van der Waals surface area (Å²) in [6.07, 6.45) is 2.07. The van der Waals surface area contributed by atoms with Crippen LogP contribution in [-0.4, -0.2) is 38.9 Å². The van der Waals surface area contributed by atoms with Gasteiger partial charge >= 0.3 is 0 Å². The lowest BCUT2D eigenvalue weighted by Crippen LogP contribution is -2.49. The Morgan fingerprint density at radius 2 is 1.70 bits per heavy atom. The summed E-state index contributed by atoms with van der Waals surface area (Å²) in [6.45, 7) is -0.145. The van der Waals surface area contributed by atoms with E-state index in [-0.39, 0.29) is 29.8 Å². The maximum absolute atomic E-state index is 13.0. The Morgan fingerprint density at radius 3 is 2.33 bits per heavy atom. The number of nitrogens with one attached hydrogen (secondary N) is 3. The highest BCUT2D eigenvalue weighted by Gasteiger charge is 2.28. The molecule has 3 N–H and O–H groups in total. The van der Waals surface area contributed by atoms with Crippen molar-refractivity contribution in [1.29, 1.82) is 0 Å². The average Bonchev–Trinajstić information content (AvgIpc) is 3.52. The minimum absolute atomic E-state index is 0.0879. The van der Waals surface area contributed by atoms with E-state index < -0.39 is 27.8 Å². The summed E-state index contributed by atoms with van der Waals surface area (Å²) in [6, 6.07) is 13.2. The van der Waals surface area contributed by atoms with Gasteiger partial charge in [0.25, 0.3) is 0 Å². The van der Waals surface area contributed by atoms with Crippen LogP contribution >= 0.6 is 0 Å². The summed E-state index contributed by atoms with van der Waals surface area (Å²) in [5, 5.41) is 5.59. The van der Waals surface area contributed by atoms with E-state index >= 15 is 0 Å². The summed E-state index contributed by atoms with van der Waals surface area (Å²) in [5.74, 6) is -1.23. The van der Waals surface area contributed by atoms with Crippen molar-refractivity contribution in [3.05, 3.63) is 66.0 Å². The number of carbonyl (C=O) groups excluding carboxylic acids is 2. The molecular formula is C21H24FN3O4S. The van der Waals surface area contributed by atoms with Gasteiger partial charge in [0.2, 0.25) is 21.8 Å². The third-order valence-electron chi connectivity index (χ3n) is 4.63. The van der Waals surface area contributed by atoms with E-state index in [9.17, 15) is 22.4 Å². The topological polar surface area (TPSA) is 104 Å². The zero-order chi connectivity index (χ0) is 21.6. The third kappa shape index (κ3) is 6.64. The van der Waals surface area contributed by atoms with Gasteiger partial charge in [0.15, 0.2) is 0 Å². The number of sulfonamides is 1. The Morgan fingerprint density at radius 1 is 1.03 bits per heavy atom. The SMILES string of the molecule is O=C(CCNS(=O)(=O)c1ccc(F)cc1)NC(Cc1ccccc1)C(=O)NC1CC1. The maximum atomic E-state index is 13.0. The fraction of sp³-hybridized carbons (Fsp3) is 0.333. The average molecular weight is 434 g/mol. The number of rotatable bonds is 10. The molecule has 0 saturated heterocycles. The Balaban J connectivity index is 1.54. The molecule has 2 amide bonds. The minimum Gasteiger partial charge on any atom is -0.352 e. The normalized spacial score (nSPS) is 14.7. The van der Waals surface area contributed by atoms with Crippen LogP contribution in [0, 0.1) is 5.82 Å². The van der Waals surface area contributed by atoms with E-state index in [1.807, 2.05) is 30.3 Å². The van der Waals surface area contributed by atoms with Crippen LogP contribution in [0.2, 0.25) is 0 Å². The molecule has 2 aromatic rings. The zero-order valence-electron chi connectivity index (χ0n) is 16.3. The second-order valence-electron chi connectivity index (χ2n) is 7.19. The van der Waals surface area contributed by atoms with Crippen molar-refractivity contribution in [3.63, 3.8) is 0 Å². The molecule has 1 fully saturated rings. The van der Waals surface area contributed by atoms with Gasteiger partial charge in [-0.1, -0.05) is 30.3 Å². The van der Waals surface area contributed by atoms with Crippen LogP contribution in [0.15, 0.2) is 59.5 Å². The molecule has 2 aromatic carbocycles. The molecule has 1 aliphatic carbocycles. The molecule has 160 valence electrons. The monoisotopic (exact) mass is 433 g/mol. The summed E-state index contributed by atoms with van der Waals surface area (Å²) in [7, 11) is -3.85. The molecule has 0 spiro atoms. The predicted molar refractivity (Wildman–Crippen MR) is 109 cm³/mol. The number of hydrogen-bond acceptors (Lipinski definition) is 4. The molecule has 1 saturated carbocycles. The van der Waals surface area contributed by atoms with Gasteiger partial charge in [0, 0.05) is 25.4 Å². The highest BCUT2D eigenvalue weighted by molar-refractivity contribution is 7.89. The lowest BCUT2D eigenvalue weighted by molar-refractivity contribution is -0.129. The van der Waals surface area contributed by atoms with Crippen molar-refractivity contribution < 1.29 is 22.4 Å². The second kappa shape index (κ2) is 9.82. The summed E-state index contributed by atoms with van der Waals surface area (Å²) in [5.41, 5.74) is 0.908. The van der Waals surface area contributed by atoms with Gasteiger partial charge in [-0.3, -0.25) is 9.59 Å². The van der Waals surface area contributed by atoms with Crippen LogP contribution in [0.5, 0.6) is 0 Å². The van der Waals surface area contributed by atoms with Crippen LogP contribution in [0.25, 0.3) is 0 Å². The van der Waals surface area contributed by atoms with Crippen LogP contribution in [-0.2, 0) is 26.0 Å². The summed E-state index contributed by atoms with van der Waals surface area (Å²) in [4.78, 5) is 24.8. The van der Waals surface area contributed by atoms with Crippen molar-refractivity contribution in [2.24, 2.45) is 0 Å². The molecule has 9 heteroatoms. The predicted octanol–water partition coefficient (Wildman–Crippen LogP) is 1.50. The molecule has 0 radical (unpaired) electrons. The number of benzene rings is 2. The molecule has 7 nitrogen and oxygen atoms in total. The van der Waals surface area contributed by atoms with Gasteiger partial charge in [-0.2, -0.15) is 0 Å². The Kier molecular flexibility index (Phi) is 7.17. The summed E-state index contributed by atoms with van der Waals surface area (Å²) >= 11 is 0. The summed E-state index contributed by atoms with van der Waals surface area (Å²) < 4.78 is 39.7. The van der Waals surface area contributed by atoms with Crippen LogP contribution in [0.4, 0.5) is 4.39 Å². The first-order chi connectivity index (χ1) is 14.3. The highest BCUT2D eigenvalue weighted by atomic mass is 32.2. The van der Waals surface area contributed by atoms with E-state index in [0.717, 1.165) is 42.7 Å². The first-order valence-electron chi connectivity index (χ1n) is 9.72. The van der Waals surface area contributed by atoms with Gasteiger partial charge < -0.3 is 10.6 Å². The van der Waals surface area contributed by atoms with E-state index in [0.29, 0.717) is 6.42 Å². The Labute approximate surface area is 175 Å². The van der Waals surface area contributed by atoms with Gasteiger partial charge in [-0.25, -0.2) is 17.5 Å². The van der Waals surface area contributed by atoms with Gasteiger partial charge in [0.1, 0.15) is 11.9 Å². The standard InChI is InChI=1S/C21H24FN3O4S/c22-16-6-10-18(11-7-16)30(28,29)23-13-12-20(26)25-19(21(27)24-17-8-9-17)14-15-4-2-1-3-5-15/h1-7,10-11,17,19,23H,8-9,12-14H2,(H,24,27)(H,25,26). The molecule has 0 aliphatic heterocycles. The smallest absolute Gasteiger partial charge is 0.243 e. The Hall–Kier alpha value is -2.78. The lowest BCUT2D eigenvalue weighted by atomic mass is 10.0. The quantitative estimate of drug-likeness (QED) is 0.528. The molecule has 0 heterocycles. The largest absolute Gasteiger partial charge is 0.352 e. The van der Waals surface area contributed by atoms with Crippen molar-refractivity contribution in [3.8, 4) is 0 Å². The van der Waals surface area contributed by atoms with Crippen LogP contribution < -0.4 is 15.4 Å². The van der Waals surface area contributed by atoms with Gasteiger partial charge in [0.05, 0.1) is 4.90 Å². The molecule has 3 rings (SSSR count). The number of amides is 2. The van der Waals surface area contributed by atoms with E-state index in [2.05, 4.69) is 15.4 Å². The van der Waals surface area contributed by atoms with Crippen molar-refractivity contribution in [1.82, 2.24) is 15.4 Å². The molecule has 1 atom stereocenters. The lowest BCUT2D eigenvalue weighted by Gasteiger charge is -2.19. The zero-order valence-corrected chi connectivity index (χ0v) is 17.1. The molecule has 1 aliphatic rings. The Bertz CT molecular complexity index is 977. The maximum Gasteiger partial charge on any atom is 0.243 e.